The van der Waals surface area contributed by atoms with Crippen molar-refractivity contribution >= 4 is 27.7 Å². The van der Waals surface area contributed by atoms with Gasteiger partial charge in [0.15, 0.2) is 0 Å². The van der Waals surface area contributed by atoms with E-state index in [1.54, 1.807) is 13.1 Å². The molecule has 0 saturated carbocycles. The second kappa shape index (κ2) is 5.03. The van der Waals surface area contributed by atoms with Crippen LogP contribution in [0.4, 0.5) is 0 Å². The van der Waals surface area contributed by atoms with Crippen molar-refractivity contribution in [1.29, 1.82) is 0 Å². The summed E-state index contributed by atoms with van der Waals surface area (Å²) in [6.45, 7) is 1.74. The number of aliphatic hydroxyl groups excluding tert-OH is 1. The fraction of sp³-hybridized carbons (Fsp3) is 0.182. The summed E-state index contributed by atoms with van der Waals surface area (Å²) in [6, 6.07) is 5.76. The third-order valence-corrected chi connectivity index (χ3v) is 3.49. The molecule has 1 unspecified atom stereocenters. The van der Waals surface area contributed by atoms with Gasteiger partial charge in [-0.15, -0.1) is 0 Å². The van der Waals surface area contributed by atoms with E-state index in [1.165, 1.54) is 18.0 Å². The molecule has 0 aliphatic rings. The van der Waals surface area contributed by atoms with Crippen LogP contribution in [0.1, 0.15) is 18.6 Å². The zero-order chi connectivity index (χ0) is 11.5. The first-order chi connectivity index (χ1) is 7.66. The van der Waals surface area contributed by atoms with Gasteiger partial charge >= 0.3 is 0 Å². The number of aliphatic hydroxyl groups is 1. The summed E-state index contributed by atoms with van der Waals surface area (Å²) >= 11 is 4.78. The lowest BCUT2D eigenvalue weighted by atomic mass is 10.1. The second-order valence-electron chi connectivity index (χ2n) is 3.26. The van der Waals surface area contributed by atoms with Gasteiger partial charge < -0.3 is 9.52 Å². The third kappa shape index (κ3) is 2.66. The second-order valence-corrected chi connectivity index (χ2v) is 5.17. The van der Waals surface area contributed by atoms with Gasteiger partial charge in [0, 0.05) is 9.37 Å². The molecule has 0 radical (unpaired) electrons. The Hall–Kier alpha value is -0.780. The first-order valence-corrected chi connectivity index (χ1v) is 6.32. The van der Waals surface area contributed by atoms with Crippen molar-refractivity contribution in [2.45, 2.75) is 23.1 Å². The summed E-state index contributed by atoms with van der Waals surface area (Å²) in [4.78, 5) is 4.98. The number of rotatable bonds is 3. The van der Waals surface area contributed by atoms with Crippen molar-refractivity contribution in [1.82, 2.24) is 4.98 Å². The number of hydrogen-bond donors (Lipinski definition) is 1. The van der Waals surface area contributed by atoms with Crippen LogP contribution < -0.4 is 0 Å². The molecule has 16 heavy (non-hydrogen) atoms. The molecule has 84 valence electrons. The molecule has 1 aromatic heterocycles. The first kappa shape index (κ1) is 11.7. The van der Waals surface area contributed by atoms with Crippen LogP contribution >= 0.6 is 27.7 Å². The topological polar surface area (TPSA) is 46.3 Å². The van der Waals surface area contributed by atoms with Gasteiger partial charge in [-0.3, -0.25) is 0 Å². The van der Waals surface area contributed by atoms with E-state index in [4.69, 9.17) is 4.42 Å². The maximum atomic E-state index is 9.67. The van der Waals surface area contributed by atoms with Crippen molar-refractivity contribution in [3.8, 4) is 0 Å². The number of nitrogens with zero attached hydrogens (tertiary/aromatic N) is 1. The lowest BCUT2D eigenvalue weighted by molar-refractivity contribution is 0.196. The van der Waals surface area contributed by atoms with Crippen LogP contribution in [0, 0.1) is 0 Å². The fourth-order valence-electron chi connectivity index (χ4n) is 1.29. The van der Waals surface area contributed by atoms with Crippen molar-refractivity contribution in [2.24, 2.45) is 0 Å². The minimum absolute atomic E-state index is 0.519. The average molecular weight is 300 g/mol. The Morgan fingerprint density at radius 2 is 2.31 bits per heavy atom. The van der Waals surface area contributed by atoms with Crippen molar-refractivity contribution in [3.63, 3.8) is 0 Å². The maximum Gasteiger partial charge on any atom is 0.260 e. The highest BCUT2D eigenvalue weighted by molar-refractivity contribution is 9.10. The SMILES string of the molecule is CC(O)c1cc(Br)ccc1Sc1ncco1. The quantitative estimate of drug-likeness (QED) is 0.940. The Bertz CT molecular complexity index is 471. The predicted molar refractivity (Wildman–Crippen MR) is 65.4 cm³/mol. The molecule has 0 spiro atoms. The molecular formula is C11H10BrNO2S. The summed E-state index contributed by atoms with van der Waals surface area (Å²) in [5.74, 6) is 0. The molecule has 3 nitrogen and oxygen atoms in total. The molecule has 1 aromatic carbocycles. The molecule has 5 heteroatoms. The number of hydrogen-bond acceptors (Lipinski definition) is 4. The van der Waals surface area contributed by atoms with Crippen LogP contribution in [-0.2, 0) is 0 Å². The molecule has 0 fully saturated rings. The van der Waals surface area contributed by atoms with Crippen LogP contribution in [0.2, 0.25) is 0 Å². The molecule has 2 rings (SSSR count). The van der Waals surface area contributed by atoms with Gasteiger partial charge in [0.1, 0.15) is 6.26 Å². The monoisotopic (exact) mass is 299 g/mol. The van der Waals surface area contributed by atoms with Crippen molar-refractivity contribution in [3.05, 3.63) is 40.7 Å². The van der Waals surface area contributed by atoms with E-state index in [2.05, 4.69) is 20.9 Å². The van der Waals surface area contributed by atoms with E-state index in [9.17, 15) is 5.11 Å². The predicted octanol–water partition coefficient (Wildman–Crippen LogP) is 3.64. The number of aromatic nitrogens is 1. The van der Waals surface area contributed by atoms with E-state index in [0.29, 0.717) is 5.22 Å². The molecule has 0 aliphatic heterocycles. The average Bonchev–Trinajstić information content (AvgIpc) is 2.73. The highest BCUT2D eigenvalue weighted by Crippen LogP contribution is 2.34. The molecule has 0 saturated heterocycles. The molecule has 1 N–H and O–H groups in total. The zero-order valence-corrected chi connectivity index (χ0v) is 11.0. The Labute approximate surface area is 106 Å². The molecular weight excluding hydrogens is 290 g/mol. The van der Waals surface area contributed by atoms with Crippen LogP contribution in [0.15, 0.2) is 49.7 Å². The largest absolute Gasteiger partial charge is 0.440 e. The van der Waals surface area contributed by atoms with Gasteiger partial charge in [-0.1, -0.05) is 15.9 Å². The Morgan fingerprint density at radius 3 is 2.94 bits per heavy atom. The molecule has 0 aliphatic carbocycles. The van der Waals surface area contributed by atoms with E-state index in [0.717, 1.165) is 14.9 Å². The summed E-state index contributed by atoms with van der Waals surface area (Å²) in [7, 11) is 0. The van der Waals surface area contributed by atoms with Crippen LogP contribution in [0.3, 0.4) is 0 Å². The van der Waals surface area contributed by atoms with Gasteiger partial charge in [-0.05, 0) is 42.4 Å². The van der Waals surface area contributed by atoms with Crippen LogP contribution in [-0.4, -0.2) is 10.1 Å². The van der Waals surface area contributed by atoms with Gasteiger partial charge in [-0.25, -0.2) is 4.98 Å². The van der Waals surface area contributed by atoms with Crippen LogP contribution in [0.5, 0.6) is 0 Å². The molecule has 1 atom stereocenters. The maximum absolute atomic E-state index is 9.67. The number of benzene rings is 1. The third-order valence-electron chi connectivity index (χ3n) is 2.03. The first-order valence-electron chi connectivity index (χ1n) is 4.71. The standard InChI is InChI=1S/C11H10BrNO2S/c1-7(14)9-6-8(12)2-3-10(9)16-11-13-4-5-15-11/h2-7,14H,1H3. The van der Waals surface area contributed by atoms with E-state index >= 15 is 0 Å². The van der Waals surface area contributed by atoms with Gasteiger partial charge in [0.2, 0.25) is 0 Å². The minimum atomic E-state index is -0.519. The smallest absolute Gasteiger partial charge is 0.260 e. The van der Waals surface area contributed by atoms with Crippen LogP contribution in [0.25, 0.3) is 0 Å². The summed E-state index contributed by atoms with van der Waals surface area (Å²) in [6.07, 6.45) is 2.61. The van der Waals surface area contributed by atoms with E-state index < -0.39 is 6.10 Å². The summed E-state index contributed by atoms with van der Waals surface area (Å²) in [5.41, 5.74) is 0.859. The molecule has 0 bridgehead atoms. The Balaban J connectivity index is 2.33. The summed E-state index contributed by atoms with van der Waals surface area (Å²) in [5, 5.41) is 10.2. The van der Waals surface area contributed by atoms with Gasteiger partial charge in [0.05, 0.1) is 12.3 Å². The van der Waals surface area contributed by atoms with Crippen molar-refractivity contribution < 1.29 is 9.52 Å². The van der Waals surface area contributed by atoms with Crippen molar-refractivity contribution in [2.75, 3.05) is 0 Å². The highest BCUT2D eigenvalue weighted by atomic mass is 79.9. The van der Waals surface area contributed by atoms with E-state index in [1.807, 2.05) is 18.2 Å². The lowest BCUT2D eigenvalue weighted by Gasteiger charge is -2.10. The molecule has 2 aromatic rings. The zero-order valence-electron chi connectivity index (χ0n) is 8.55. The Morgan fingerprint density at radius 1 is 1.50 bits per heavy atom. The lowest BCUT2D eigenvalue weighted by Crippen LogP contribution is -1.94. The summed E-state index contributed by atoms with van der Waals surface area (Å²) < 4.78 is 6.11. The fourth-order valence-corrected chi connectivity index (χ4v) is 2.56. The normalized spacial score (nSPS) is 12.7. The highest BCUT2D eigenvalue weighted by Gasteiger charge is 2.11. The number of halogens is 1. The van der Waals surface area contributed by atoms with Gasteiger partial charge in [-0.2, -0.15) is 0 Å². The van der Waals surface area contributed by atoms with Gasteiger partial charge in [0.25, 0.3) is 5.22 Å². The van der Waals surface area contributed by atoms with E-state index in [-0.39, 0.29) is 0 Å². The minimum Gasteiger partial charge on any atom is -0.440 e. The molecule has 1 heterocycles. The molecule has 0 amide bonds. The Kier molecular flexibility index (Phi) is 3.68. The number of oxazole rings is 1.